The van der Waals surface area contributed by atoms with Crippen LogP contribution >= 0.6 is 0 Å². The van der Waals surface area contributed by atoms with Crippen molar-refractivity contribution in [1.82, 2.24) is 4.90 Å². The van der Waals surface area contributed by atoms with E-state index in [0.717, 1.165) is 31.7 Å². The Kier molecular flexibility index (Phi) is 6.53. The molecule has 0 saturated carbocycles. The van der Waals surface area contributed by atoms with Crippen LogP contribution in [0.1, 0.15) is 36.5 Å². The molecule has 3 rings (SSSR count). The maximum Gasteiger partial charge on any atom is 0.265 e. The Morgan fingerprint density at radius 1 is 1.00 bits per heavy atom. The zero-order valence-electron chi connectivity index (χ0n) is 16.3. The Balaban J connectivity index is 1.60. The van der Waals surface area contributed by atoms with Crippen molar-refractivity contribution in [2.75, 3.05) is 25.5 Å². The molecule has 1 aliphatic heterocycles. The third kappa shape index (κ3) is 5.03. The second-order valence-electron chi connectivity index (χ2n) is 6.86. The van der Waals surface area contributed by atoms with E-state index in [4.69, 9.17) is 9.47 Å². The van der Waals surface area contributed by atoms with Crippen LogP contribution in [0.4, 0.5) is 5.69 Å². The van der Waals surface area contributed by atoms with Gasteiger partial charge in [-0.25, -0.2) is 0 Å². The number of carbonyl (C=O) groups excluding carboxylic acids is 2. The van der Waals surface area contributed by atoms with E-state index in [-0.39, 0.29) is 11.8 Å². The molecule has 1 unspecified atom stereocenters. The lowest BCUT2D eigenvalue weighted by Gasteiger charge is -2.26. The van der Waals surface area contributed by atoms with E-state index in [1.54, 1.807) is 62.6 Å². The summed E-state index contributed by atoms with van der Waals surface area (Å²) < 4.78 is 10.8. The quantitative estimate of drug-likeness (QED) is 0.827. The van der Waals surface area contributed by atoms with Gasteiger partial charge in [-0.3, -0.25) is 9.59 Å². The van der Waals surface area contributed by atoms with Crippen molar-refractivity contribution in [3.8, 4) is 11.5 Å². The summed E-state index contributed by atoms with van der Waals surface area (Å²) in [5.74, 6) is 1.04. The van der Waals surface area contributed by atoms with Crippen molar-refractivity contribution in [1.29, 1.82) is 0 Å². The van der Waals surface area contributed by atoms with Gasteiger partial charge in [-0.05, 0) is 68.7 Å². The number of anilines is 1. The lowest BCUT2D eigenvalue weighted by Crippen LogP contribution is -2.35. The molecule has 1 saturated heterocycles. The third-order valence-corrected chi connectivity index (χ3v) is 4.76. The molecule has 0 bridgehead atoms. The third-order valence-electron chi connectivity index (χ3n) is 4.76. The maximum absolute atomic E-state index is 12.6. The van der Waals surface area contributed by atoms with Crippen molar-refractivity contribution in [2.45, 2.75) is 32.3 Å². The number of rotatable bonds is 6. The van der Waals surface area contributed by atoms with Crippen molar-refractivity contribution < 1.29 is 19.1 Å². The van der Waals surface area contributed by atoms with Crippen LogP contribution in [-0.4, -0.2) is 43.0 Å². The number of piperidine rings is 1. The summed E-state index contributed by atoms with van der Waals surface area (Å²) in [6.07, 6.45) is 2.58. The predicted molar refractivity (Wildman–Crippen MR) is 108 cm³/mol. The second-order valence-corrected chi connectivity index (χ2v) is 6.86. The highest BCUT2D eigenvalue weighted by atomic mass is 16.5. The highest BCUT2D eigenvalue weighted by Gasteiger charge is 2.19. The van der Waals surface area contributed by atoms with Gasteiger partial charge in [0.1, 0.15) is 11.5 Å². The first-order valence-electron chi connectivity index (χ1n) is 9.58. The summed E-state index contributed by atoms with van der Waals surface area (Å²) in [5.41, 5.74) is 1.17. The minimum Gasteiger partial charge on any atom is -0.497 e. The van der Waals surface area contributed by atoms with Crippen molar-refractivity contribution in [2.24, 2.45) is 0 Å². The minimum atomic E-state index is -0.685. The smallest absolute Gasteiger partial charge is 0.265 e. The molecule has 0 radical (unpaired) electrons. The molecule has 1 atom stereocenters. The molecule has 1 N–H and O–H groups in total. The van der Waals surface area contributed by atoms with E-state index in [2.05, 4.69) is 5.32 Å². The number of likely N-dealkylation sites (tertiary alicyclic amines) is 1. The number of ether oxygens (including phenoxy) is 2. The highest BCUT2D eigenvalue weighted by molar-refractivity contribution is 5.98. The van der Waals surface area contributed by atoms with Gasteiger partial charge in [0, 0.05) is 24.3 Å². The number of benzene rings is 2. The Labute approximate surface area is 165 Å². The number of hydrogen-bond donors (Lipinski definition) is 1. The van der Waals surface area contributed by atoms with Crippen LogP contribution in [0, 0.1) is 0 Å². The number of amides is 2. The fourth-order valence-corrected chi connectivity index (χ4v) is 3.17. The first-order valence-corrected chi connectivity index (χ1v) is 9.58. The fourth-order valence-electron chi connectivity index (χ4n) is 3.17. The molecule has 2 aromatic rings. The topological polar surface area (TPSA) is 67.9 Å². The Morgan fingerprint density at radius 2 is 1.68 bits per heavy atom. The van der Waals surface area contributed by atoms with Crippen LogP contribution in [0.25, 0.3) is 0 Å². The molecule has 2 amide bonds. The van der Waals surface area contributed by atoms with Crippen molar-refractivity contribution in [3.63, 3.8) is 0 Å². The molecule has 6 nitrogen and oxygen atoms in total. The van der Waals surface area contributed by atoms with Crippen LogP contribution in [0.5, 0.6) is 11.5 Å². The van der Waals surface area contributed by atoms with Gasteiger partial charge < -0.3 is 19.7 Å². The molecular weight excluding hydrogens is 356 g/mol. The van der Waals surface area contributed by atoms with Gasteiger partial charge >= 0.3 is 0 Å². The monoisotopic (exact) mass is 382 g/mol. The summed E-state index contributed by atoms with van der Waals surface area (Å²) in [4.78, 5) is 27.0. The van der Waals surface area contributed by atoms with Gasteiger partial charge in [-0.15, -0.1) is 0 Å². The fraction of sp³-hybridized carbons (Fsp3) is 0.364. The minimum absolute atomic E-state index is 0.0123. The number of carbonyl (C=O) groups is 2. The molecule has 28 heavy (non-hydrogen) atoms. The van der Waals surface area contributed by atoms with Gasteiger partial charge in [0.05, 0.1) is 7.11 Å². The molecule has 1 fully saturated rings. The summed E-state index contributed by atoms with van der Waals surface area (Å²) in [5, 5.41) is 2.82. The van der Waals surface area contributed by atoms with Crippen molar-refractivity contribution in [3.05, 3.63) is 54.1 Å². The van der Waals surface area contributed by atoms with Gasteiger partial charge in [0.2, 0.25) is 0 Å². The highest BCUT2D eigenvalue weighted by Crippen LogP contribution is 2.20. The van der Waals surface area contributed by atoms with Gasteiger partial charge in [-0.2, -0.15) is 0 Å². The number of hydrogen-bond acceptors (Lipinski definition) is 4. The van der Waals surface area contributed by atoms with Crippen molar-refractivity contribution >= 4 is 17.5 Å². The molecule has 2 aromatic carbocycles. The molecular formula is C22H26N2O4. The maximum atomic E-state index is 12.6. The van der Waals surface area contributed by atoms with Crippen LogP contribution in [0.3, 0.4) is 0 Å². The van der Waals surface area contributed by atoms with E-state index < -0.39 is 6.10 Å². The molecule has 0 spiro atoms. The zero-order chi connectivity index (χ0) is 19.9. The van der Waals surface area contributed by atoms with E-state index in [1.807, 2.05) is 4.90 Å². The van der Waals surface area contributed by atoms with Crippen LogP contribution < -0.4 is 14.8 Å². The largest absolute Gasteiger partial charge is 0.497 e. The summed E-state index contributed by atoms with van der Waals surface area (Å²) >= 11 is 0. The molecule has 148 valence electrons. The average molecular weight is 382 g/mol. The number of nitrogens with one attached hydrogen (secondary N) is 1. The predicted octanol–water partition coefficient (Wildman–Crippen LogP) is 3.73. The Bertz CT molecular complexity index is 814. The zero-order valence-corrected chi connectivity index (χ0v) is 16.3. The van der Waals surface area contributed by atoms with Gasteiger partial charge in [0.15, 0.2) is 6.10 Å². The summed E-state index contributed by atoms with van der Waals surface area (Å²) in [6.45, 7) is 3.27. The van der Waals surface area contributed by atoms with E-state index >= 15 is 0 Å². The summed E-state index contributed by atoms with van der Waals surface area (Å²) in [6, 6.07) is 14.1. The van der Waals surface area contributed by atoms with Gasteiger partial charge in [-0.1, -0.05) is 6.07 Å². The average Bonchev–Trinajstić information content (AvgIpc) is 2.74. The lowest BCUT2D eigenvalue weighted by atomic mass is 10.1. The molecule has 1 heterocycles. The molecule has 6 heteroatoms. The van der Waals surface area contributed by atoms with Crippen LogP contribution in [-0.2, 0) is 4.79 Å². The molecule has 0 aromatic heterocycles. The van der Waals surface area contributed by atoms with E-state index in [0.29, 0.717) is 17.0 Å². The summed E-state index contributed by atoms with van der Waals surface area (Å²) in [7, 11) is 1.59. The Morgan fingerprint density at radius 3 is 2.36 bits per heavy atom. The van der Waals surface area contributed by atoms with Gasteiger partial charge in [0.25, 0.3) is 11.8 Å². The number of nitrogens with zero attached hydrogens (tertiary/aromatic N) is 1. The molecule has 0 aliphatic carbocycles. The lowest BCUT2D eigenvalue weighted by molar-refractivity contribution is -0.122. The first-order chi connectivity index (χ1) is 13.6. The second kappa shape index (κ2) is 9.26. The SMILES string of the molecule is COc1ccc(OC(C)C(=O)Nc2cccc(C(=O)N3CCCCC3)c2)cc1. The van der Waals surface area contributed by atoms with Crippen LogP contribution in [0.15, 0.2) is 48.5 Å². The Hall–Kier alpha value is -3.02. The number of methoxy groups -OCH3 is 1. The molecule has 1 aliphatic rings. The normalized spacial score (nSPS) is 14.9. The van der Waals surface area contributed by atoms with E-state index in [9.17, 15) is 9.59 Å². The van der Waals surface area contributed by atoms with Crippen LogP contribution in [0.2, 0.25) is 0 Å². The standard InChI is InChI=1S/C22H26N2O4/c1-16(28-20-11-9-19(27-2)10-12-20)21(25)23-18-8-6-7-17(15-18)22(26)24-13-4-3-5-14-24/h6-12,15-16H,3-5,13-14H2,1-2H3,(H,23,25). The van der Waals surface area contributed by atoms with E-state index in [1.165, 1.54) is 6.42 Å². The first kappa shape index (κ1) is 19.7.